The van der Waals surface area contributed by atoms with E-state index in [1.807, 2.05) is 30.3 Å². The highest BCUT2D eigenvalue weighted by Gasteiger charge is 2.31. The Morgan fingerprint density at radius 3 is 2.19 bits per heavy atom. The van der Waals surface area contributed by atoms with Crippen LogP contribution < -0.4 is 10.5 Å². The van der Waals surface area contributed by atoms with E-state index in [4.69, 9.17) is 5.73 Å². The van der Waals surface area contributed by atoms with Gasteiger partial charge in [-0.25, -0.2) is 0 Å². The number of hydrogen-bond acceptors (Lipinski definition) is 3. The van der Waals surface area contributed by atoms with Crippen LogP contribution in [0.4, 0.5) is 13.2 Å². The summed E-state index contributed by atoms with van der Waals surface area (Å²) in [5, 5.41) is 0. The SMILES string of the molecule is Cl.NCCCN(Cc1ccccc1)C(=O)Cc1ccc(OC(F)(F)F)cc1. The van der Waals surface area contributed by atoms with Gasteiger partial charge in [0.1, 0.15) is 5.75 Å². The number of carbonyl (C=O) groups excluding carboxylic acids is 1. The molecule has 0 spiro atoms. The van der Waals surface area contributed by atoms with Crippen LogP contribution in [0.15, 0.2) is 54.6 Å². The van der Waals surface area contributed by atoms with Gasteiger partial charge in [0.25, 0.3) is 0 Å². The lowest BCUT2D eigenvalue weighted by atomic mass is 10.1. The number of benzene rings is 2. The number of nitrogens with two attached hydrogens (primary N) is 1. The van der Waals surface area contributed by atoms with Crippen LogP contribution in [0.1, 0.15) is 17.5 Å². The molecular weight excluding hydrogens is 381 g/mol. The fourth-order valence-corrected chi connectivity index (χ4v) is 2.47. The number of alkyl halides is 3. The third kappa shape index (κ3) is 8.32. The molecule has 0 saturated heterocycles. The van der Waals surface area contributed by atoms with Gasteiger partial charge in [0.2, 0.25) is 5.91 Å². The molecule has 148 valence electrons. The molecule has 0 heterocycles. The van der Waals surface area contributed by atoms with E-state index in [2.05, 4.69) is 4.74 Å². The molecule has 2 aromatic carbocycles. The van der Waals surface area contributed by atoms with Gasteiger partial charge in [-0.3, -0.25) is 4.79 Å². The van der Waals surface area contributed by atoms with E-state index >= 15 is 0 Å². The highest BCUT2D eigenvalue weighted by molar-refractivity contribution is 5.85. The van der Waals surface area contributed by atoms with E-state index in [0.29, 0.717) is 31.6 Å². The minimum Gasteiger partial charge on any atom is -0.406 e. The molecule has 0 aromatic heterocycles. The van der Waals surface area contributed by atoms with Crippen molar-refractivity contribution in [2.24, 2.45) is 5.73 Å². The van der Waals surface area contributed by atoms with Crippen LogP contribution in [0.5, 0.6) is 5.75 Å². The van der Waals surface area contributed by atoms with Crippen molar-refractivity contribution >= 4 is 18.3 Å². The zero-order valence-electron chi connectivity index (χ0n) is 14.6. The summed E-state index contributed by atoms with van der Waals surface area (Å²) in [6.45, 7) is 1.47. The number of rotatable bonds is 8. The van der Waals surface area contributed by atoms with Crippen molar-refractivity contribution in [2.75, 3.05) is 13.1 Å². The molecule has 2 aromatic rings. The van der Waals surface area contributed by atoms with Gasteiger partial charge in [0.05, 0.1) is 6.42 Å². The summed E-state index contributed by atoms with van der Waals surface area (Å²) in [5.74, 6) is -0.412. The molecule has 0 aliphatic carbocycles. The van der Waals surface area contributed by atoms with Crippen LogP contribution in [-0.4, -0.2) is 30.3 Å². The summed E-state index contributed by atoms with van der Waals surface area (Å²) in [4.78, 5) is 14.3. The molecule has 2 rings (SSSR count). The van der Waals surface area contributed by atoms with E-state index < -0.39 is 6.36 Å². The average molecular weight is 403 g/mol. The van der Waals surface area contributed by atoms with E-state index in [-0.39, 0.29) is 30.5 Å². The molecule has 0 aliphatic rings. The molecule has 8 heteroatoms. The van der Waals surface area contributed by atoms with Gasteiger partial charge < -0.3 is 15.4 Å². The molecule has 27 heavy (non-hydrogen) atoms. The van der Waals surface area contributed by atoms with Crippen molar-refractivity contribution in [1.82, 2.24) is 4.90 Å². The topological polar surface area (TPSA) is 55.6 Å². The van der Waals surface area contributed by atoms with Gasteiger partial charge in [-0.2, -0.15) is 0 Å². The normalized spacial score (nSPS) is 10.8. The maximum Gasteiger partial charge on any atom is 0.573 e. The van der Waals surface area contributed by atoms with Crippen molar-refractivity contribution in [3.05, 3.63) is 65.7 Å². The first-order valence-electron chi connectivity index (χ1n) is 8.24. The highest BCUT2D eigenvalue weighted by Crippen LogP contribution is 2.23. The predicted octanol–water partition coefficient (Wildman–Crippen LogP) is 3.93. The van der Waals surface area contributed by atoms with Crippen LogP contribution >= 0.6 is 12.4 Å². The summed E-state index contributed by atoms with van der Waals surface area (Å²) in [5.41, 5.74) is 7.17. The van der Waals surface area contributed by atoms with Crippen molar-refractivity contribution < 1.29 is 22.7 Å². The standard InChI is InChI=1S/C19H21F3N2O2.ClH/c20-19(21,22)26-17-9-7-15(8-10-17)13-18(25)24(12-4-11-23)14-16-5-2-1-3-6-16;/h1-3,5-10H,4,11-14,23H2;1H. The molecular formula is C19H22ClF3N2O2. The zero-order valence-corrected chi connectivity index (χ0v) is 15.4. The molecule has 0 atom stereocenters. The van der Waals surface area contributed by atoms with E-state index in [0.717, 1.165) is 5.56 Å². The third-order valence-electron chi connectivity index (χ3n) is 3.71. The Morgan fingerprint density at radius 2 is 1.63 bits per heavy atom. The minimum absolute atomic E-state index is 0. The van der Waals surface area contributed by atoms with Crippen molar-refractivity contribution in [1.29, 1.82) is 0 Å². The second-order valence-corrected chi connectivity index (χ2v) is 5.81. The fourth-order valence-electron chi connectivity index (χ4n) is 2.47. The van der Waals surface area contributed by atoms with Gasteiger partial charge in [0, 0.05) is 13.1 Å². The van der Waals surface area contributed by atoms with E-state index in [1.165, 1.54) is 24.3 Å². The highest BCUT2D eigenvalue weighted by atomic mass is 35.5. The molecule has 0 unspecified atom stereocenters. The molecule has 0 radical (unpaired) electrons. The average Bonchev–Trinajstić information content (AvgIpc) is 2.60. The van der Waals surface area contributed by atoms with Crippen LogP contribution in [0.25, 0.3) is 0 Å². The minimum atomic E-state index is -4.73. The number of nitrogens with zero attached hydrogens (tertiary/aromatic N) is 1. The lowest BCUT2D eigenvalue weighted by Gasteiger charge is -2.23. The quantitative estimate of drug-likeness (QED) is 0.728. The molecule has 0 fully saturated rings. The Kier molecular flexibility index (Phi) is 9.11. The smallest absolute Gasteiger partial charge is 0.406 e. The maximum absolute atomic E-state index is 12.6. The molecule has 4 nitrogen and oxygen atoms in total. The second-order valence-electron chi connectivity index (χ2n) is 5.81. The molecule has 0 bridgehead atoms. The van der Waals surface area contributed by atoms with Gasteiger partial charge in [-0.15, -0.1) is 25.6 Å². The van der Waals surface area contributed by atoms with Crippen LogP contribution in [-0.2, 0) is 17.8 Å². The summed E-state index contributed by atoms with van der Waals surface area (Å²) < 4.78 is 40.4. The first-order chi connectivity index (χ1) is 12.4. The predicted molar refractivity (Wildman–Crippen MR) is 99.6 cm³/mol. The Bertz CT molecular complexity index is 694. The van der Waals surface area contributed by atoms with Gasteiger partial charge in [0.15, 0.2) is 0 Å². The van der Waals surface area contributed by atoms with Gasteiger partial charge >= 0.3 is 6.36 Å². The van der Waals surface area contributed by atoms with Gasteiger partial charge in [-0.05, 0) is 36.2 Å². The fraction of sp³-hybridized carbons (Fsp3) is 0.316. The van der Waals surface area contributed by atoms with E-state index in [9.17, 15) is 18.0 Å². The monoisotopic (exact) mass is 402 g/mol. The molecule has 0 saturated carbocycles. The second kappa shape index (κ2) is 10.8. The Labute approximate surface area is 162 Å². The summed E-state index contributed by atoms with van der Waals surface area (Å²) in [7, 11) is 0. The summed E-state index contributed by atoms with van der Waals surface area (Å²) >= 11 is 0. The summed E-state index contributed by atoms with van der Waals surface area (Å²) in [6.07, 6.45) is -3.95. The lowest BCUT2D eigenvalue weighted by molar-refractivity contribution is -0.274. The molecule has 1 amide bonds. The zero-order chi connectivity index (χ0) is 19.0. The van der Waals surface area contributed by atoms with Gasteiger partial charge in [-0.1, -0.05) is 42.5 Å². The van der Waals surface area contributed by atoms with Crippen molar-refractivity contribution in [3.8, 4) is 5.75 Å². The Morgan fingerprint density at radius 1 is 1.00 bits per heavy atom. The molecule has 2 N–H and O–H groups in total. The van der Waals surface area contributed by atoms with Crippen molar-refractivity contribution in [3.63, 3.8) is 0 Å². The maximum atomic E-state index is 12.6. The largest absolute Gasteiger partial charge is 0.573 e. The summed E-state index contributed by atoms with van der Waals surface area (Å²) in [6, 6.07) is 14.9. The van der Waals surface area contributed by atoms with Crippen molar-refractivity contribution in [2.45, 2.75) is 25.7 Å². The Balaban J connectivity index is 0.00000364. The van der Waals surface area contributed by atoms with Crippen LogP contribution in [0.2, 0.25) is 0 Å². The molecule has 0 aliphatic heterocycles. The number of hydrogen-bond donors (Lipinski definition) is 1. The Hall–Kier alpha value is -2.25. The number of ether oxygens (including phenoxy) is 1. The third-order valence-corrected chi connectivity index (χ3v) is 3.71. The van der Waals surface area contributed by atoms with Crippen LogP contribution in [0.3, 0.4) is 0 Å². The number of carbonyl (C=O) groups is 1. The first kappa shape index (κ1) is 22.8. The number of amides is 1. The number of halogens is 4. The lowest BCUT2D eigenvalue weighted by Crippen LogP contribution is -2.33. The van der Waals surface area contributed by atoms with Crippen LogP contribution in [0, 0.1) is 0 Å². The van der Waals surface area contributed by atoms with E-state index in [1.54, 1.807) is 4.90 Å². The first-order valence-corrected chi connectivity index (χ1v) is 8.24.